The van der Waals surface area contributed by atoms with Crippen LogP contribution < -0.4 is 11.1 Å². The van der Waals surface area contributed by atoms with Crippen molar-refractivity contribution in [2.24, 2.45) is 17.6 Å². The molecule has 0 bridgehead atoms. The van der Waals surface area contributed by atoms with Crippen molar-refractivity contribution in [3.05, 3.63) is 0 Å². The summed E-state index contributed by atoms with van der Waals surface area (Å²) in [5, 5.41) is 2.72. The van der Waals surface area contributed by atoms with Crippen molar-refractivity contribution in [1.29, 1.82) is 0 Å². The quantitative estimate of drug-likeness (QED) is 0.750. The van der Waals surface area contributed by atoms with Gasteiger partial charge in [-0.15, -0.1) is 0 Å². The first-order valence-electron chi connectivity index (χ1n) is 7.30. The van der Waals surface area contributed by atoms with E-state index in [9.17, 15) is 4.79 Å². The van der Waals surface area contributed by atoms with E-state index in [-0.39, 0.29) is 5.91 Å². The zero-order valence-electron chi connectivity index (χ0n) is 12.1. The third kappa shape index (κ3) is 3.95. The van der Waals surface area contributed by atoms with Crippen molar-refractivity contribution < 1.29 is 4.79 Å². The Kier molecular flexibility index (Phi) is 6.65. The van der Waals surface area contributed by atoms with Gasteiger partial charge in [0.1, 0.15) is 0 Å². The second-order valence-electron chi connectivity index (χ2n) is 5.39. The molecule has 1 aliphatic carbocycles. The lowest BCUT2D eigenvalue weighted by Gasteiger charge is -2.41. The highest BCUT2D eigenvalue weighted by atomic mass is 16.1. The number of rotatable bonds is 6. The predicted molar refractivity (Wildman–Crippen MR) is 75.3 cm³/mol. The first-order valence-corrected chi connectivity index (χ1v) is 7.30. The van der Waals surface area contributed by atoms with Crippen molar-refractivity contribution in [2.75, 3.05) is 26.7 Å². The molecule has 4 heteroatoms. The number of carbonyl (C=O) groups excluding carboxylic acids is 1. The number of carbonyl (C=O) groups is 1. The van der Waals surface area contributed by atoms with Crippen LogP contribution >= 0.6 is 0 Å². The van der Waals surface area contributed by atoms with Crippen molar-refractivity contribution >= 4 is 5.91 Å². The van der Waals surface area contributed by atoms with Crippen LogP contribution in [-0.2, 0) is 4.79 Å². The SMILES string of the molecule is CCC1CCC(CN)C(N(CC)CC(=O)NC)C1. The molecular formula is C14H29N3O. The Morgan fingerprint density at radius 1 is 1.39 bits per heavy atom. The van der Waals surface area contributed by atoms with E-state index in [0.717, 1.165) is 19.0 Å². The number of likely N-dealkylation sites (N-methyl/N-ethyl adjacent to an activating group) is 2. The van der Waals surface area contributed by atoms with Crippen LogP contribution in [0.3, 0.4) is 0 Å². The highest BCUT2D eigenvalue weighted by Crippen LogP contribution is 2.33. The van der Waals surface area contributed by atoms with E-state index in [2.05, 4.69) is 24.1 Å². The highest BCUT2D eigenvalue weighted by Gasteiger charge is 2.32. The van der Waals surface area contributed by atoms with Crippen LogP contribution in [-0.4, -0.2) is 43.5 Å². The molecule has 0 aromatic rings. The van der Waals surface area contributed by atoms with Crippen molar-refractivity contribution in [2.45, 2.75) is 45.6 Å². The van der Waals surface area contributed by atoms with Gasteiger partial charge in [0.05, 0.1) is 6.54 Å². The maximum Gasteiger partial charge on any atom is 0.233 e. The molecule has 4 nitrogen and oxygen atoms in total. The molecule has 1 rings (SSSR count). The van der Waals surface area contributed by atoms with E-state index in [1.54, 1.807) is 7.05 Å². The summed E-state index contributed by atoms with van der Waals surface area (Å²) in [4.78, 5) is 13.9. The van der Waals surface area contributed by atoms with Crippen LogP contribution in [0.2, 0.25) is 0 Å². The molecule has 0 aromatic heterocycles. The van der Waals surface area contributed by atoms with E-state index in [1.165, 1.54) is 25.7 Å². The smallest absolute Gasteiger partial charge is 0.233 e. The normalized spacial score (nSPS) is 28.4. The number of nitrogens with zero attached hydrogens (tertiary/aromatic N) is 1. The minimum Gasteiger partial charge on any atom is -0.358 e. The van der Waals surface area contributed by atoms with Gasteiger partial charge in [0, 0.05) is 13.1 Å². The second-order valence-corrected chi connectivity index (χ2v) is 5.39. The van der Waals surface area contributed by atoms with Crippen molar-refractivity contribution in [3.8, 4) is 0 Å². The van der Waals surface area contributed by atoms with Crippen molar-refractivity contribution in [3.63, 3.8) is 0 Å². The molecular weight excluding hydrogens is 226 g/mol. The topological polar surface area (TPSA) is 58.4 Å². The van der Waals surface area contributed by atoms with Gasteiger partial charge in [0.25, 0.3) is 0 Å². The summed E-state index contributed by atoms with van der Waals surface area (Å²) in [6.45, 7) is 6.56. The van der Waals surface area contributed by atoms with Crippen LogP contribution in [0.25, 0.3) is 0 Å². The van der Waals surface area contributed by atoms with Gasteiger partial charge in [0.15, 0.2) is 0 Å². The van der Waals surface area contributed by atoms with E-state index in [0.29, 0.717) is 18.5 Å². The van der Waals surface area contributed by atoms with Crippen LogP contribution in [0, 0.1) is 11.8 Å². The van der Waals surface area contributed by atoms with E-state index >= 15 is 0 Å². The number of nitrogens with one attached hydrogen (secondary N) is 1. The van der Waals surface area contributed by atoms with Crippen molar-refractivity contribution in [1.82, 2.24) is 10.2 Å². The van der Waals surface area contributed by atoms with Crippen LogP contribution in [0.1, 0.15) is 39.5 Å². The molecule has 0 aromatic carbocycles. The molecule has 0 heterocycles. The molecule has 1 saturated carbocycles. The number of hydrogen-bond acceptors (Lipinski definition) is 3. The zero-order chi connectivity index (χ0) is 13.5. The molecule has 3 unspecified atom stereocenters. The largest absolute Gasteiger partial charge is 0.358 e. The lowest BCUT2D eigenvalue weighted by atomic mass is 9.76. The fourth-order valence-corrected chi connectivity index (χ4v) is 3.11. The van der Waals surface area contributed by atoms with E-state index < -0.39 is 0 Å². The minimum absolute atomic E-state index is 0.103. The summed E-state index contributed by atoms with van der Waals surface area (Å²) >= 11 is 0. The van der Waals surface area contributed by atoms with Gasteiger partial charge in [-0.3, -0.25) is 9.69 Å². The average Bonchev–Trinajstić information content (AvgIpc) is 2.43. The lowest BCUT2D eigenvalue weighted by molar-refractivity contribution is -0.122. The van der Waals surface area contributed by atoms with Gasteiger partial charge in [-0.25, -0.2) is 0 Å². The molecule has 3 atom stereocenters. The Balaban J connectivity index is 2.68. The molecule has 106 valence electrons. The highest BCUT2D eigenvalue weighted by molar-refractivity contribution is 5.77. The Morgan fingerprint density at radius 2 is 2.11 bits per heavy atom. The number of nitrogens with two attached hydrogens (primary N) is 1. The van der Waals surface area contributed by atoms with E-state index in [4.69, 9.17) is 5.73 Å². The summed E-state index contributed by atoms with van der Waals surface area (Å²) in [5.41, 5.74) is 5.91. The number of hydrogen-bond donors (Lipinski definition) is 2. The van der Waals surface area contributed by atoms with E-state index in [1.807, 2.05) is 0 Å². The van der Waals surface area contributed by atoms with Crippen LogP contribution in [0.4, 0.5) is 0 Å². The lowest BCUT2D eigenvalue weighted by Crippen LogP contribution is -2.49. The zero-order valence-corrected chi connectivity index (χ0v) is 12.1. The Bertz CT molecular complexity index is 257. The third-order valence-corrected chi connectivity index (χ3v) is 4.45. The van der Waals surface area contributed by atoms with Gasteiger partial charge in [-0.05, 0) is 37.8 Å². The van der Waals surface area contributed by atoms with Gasteiger partial charge in [-0.2, -0.15) is 0 Å². The van der Waals surface area contributed by atoms with Gasteiger partial charge in [0.2, 0.25) is 5.91 Å². The molecule has 0 radical (unpaired) electrons. The average molecular weight is 255 g/mol. The number of amides is 1. The molecule has 1 aliphatic rings. The summed E-state index contributed by atoms with van der Waals surface area (Å²) in [5.74, 6) is 1.46. The summed E-state index contributed by atoms with van der Waals surface area (Å²) in [6.07, 6.45) is 4.95. The molecule has 1 amide bonds. The summed E-state index contributed by atoms with van der Waals surface area (Å²) < 4.78 is 0. The minimum atomic E-state index is 0.103. The maximum absolute atomic E-state index is 11.6. The third-order valence-electron chi connectivity index (χ3n) is 4.45. The Labute approximate surface area is 111 Å². The molecule has 3 N–H and O–H groups in total. The molecule has 0 saturated heterocycles. The molecule has 0 spiro atoms. The first kappa shape index (κ1) is 15.4. The van der Waals surface area contributed by atoms with Crippen LogP contribution in [0.5, 0.6) is 0 Å². The summed E-state index contributed by atoms with van der Waals surface area (Å²) in [7, 11) is 1.70. The summed E-state index contributed by atoms with van der Waals surface area (Å²) in [6, 6.07) is 0.482. The molecule has 18 heavy (non-hydrogen) atoms. The van der Waals surface area contributed by atoms with Gasteiger partial charge >= 0.3 is 0 Å². The standard InChI is InChI=1S/C14H29N3O/c1-4-11-6-7-12(9-15)13(8-11)17(5-2)10-14(18)16-3/h11-13H,4-10,15H2,1-3H3,(H,16,18). The molecule has 1 fully saturated rings. The Morgan fingerprint density at radius 3 is 2.61 bits per heavy atom. The fraction of sp³-hybridized carbons (Fsp3) is 0.929. The second kappa shape index (κ2) is 7.74. The Hall–Kier alpha value is -0.610. The monoisotopic (exact) mass is 255 g/mol. The van der Waals surface area contributed by atoms with Crippen LogP contribution in [0.15, 0.2) is 0 Å². The van der Waals surface area contributed by atoms with Gasteiger partial charge < -0.3 is 11.1 Å². The predicted octanol–water partition coefficient (Wildman–Crippen LogP) is 1.21. The first-order chi connectivity index (χ1) is 8.65. The molecule has 0 aliphatic heterocycles. The maximum atomic E-state index is 11.6. The van der Waals surface area contributed by atoms with Gasteiger partial charge in [-0.1, -0.05) is 26.7 Å². The fourth-order valence-electron chi connectivity index (χ4n) is 3.11.